The minimum atomic E-state index is -4.59. The molecule has 0 unspecified atom stereocenters. The van der Waals surface area contributed by atoms with Crippen molar-refractivity contribution in [3.63, 3.8) is 0 Å². The summed E-state index contributed by atoms with van der Waals surface area (Å²) in [6, 6.07) is 13.3. The van der Waals surface area contributed by atoms with Gasteiger partial charge < -0.3 is 10.1 Å². The lowest BCUT2D eigenvalue weighted by Crippen LogP contribution is -2.21. The van der Waals surface area contributed by atoms with E-state index in [-0.39, 0.29) is 21.4 Å². The third kappa shape index (κ3) is 6.42. The smallest absolute Gasteiger partial charge is 0.416 e. The number of hydrogen-bond acceptors (Lipinski definition) is 4. The molecule has 0 atom stereocenters. The Hall–Kier alpha value is -3.24. The van der Waals surface area contributed by atoms with Crippen molar-refractivity contribution in [2.75, 3.05) is 16.6 Å². The van der Waals surface area contributed by atoms with Crippen LogP contribution in [-0.4, -0.2) is 20.9 Å². The lowest BCUT2D eigenvalue weighted by atomic mass is 10.1. The number of sulfonamides is 1. The van der Waals surface area contributed by atoms with Gasteiger partial charge in [-0.1, -0.05) is 23.7 Å². The topological polar surface area (TPSA) is 84.5 Å². The lowest BCUT2D eigenvalue weighted by molar-refractivity contribution is -0.137. The fourth-order valence-corrected chi connectivity index (χ4v) is 4.18. The molecule has 3 aromatic carbocycles. The van der Waals surface area contributed by atoms with Gasteiger partial charge in [-0.05, 0) is 73.5 Å². The molecule has 34 heavy (non-hydrogen) atoms. The van der Waals surface area contributed by atoms with Crippen LogP contribution in [0.1, 0.15) is 16.7 Å². The summed E-state index contributed by atoms with van der Waals surface area (Å²) in [4.78, 5) is 12.1. The molecule has 0 aliphatic heterocycles. The molecule has 0 spiro atoms. The van der Waals surface area contributed by atoms with Crippen molar-refractivity contribution in [1.82, 2.24) is 0 Å². The maximum Gasteiger partial charge on any atom is 0.416 e. The highest BCUT2D eigenvalue weighted by atomic mass is 35.5. The molecule has 0 aliphatic rings. The summed E-state index contributed by atoms with van der Waals surface area (Å²) in [7, 11) is -3.85. The molecule has 0 radical (unpaired) electrons. The first-order chi connectivity index (χ1) is 15.8. The van der Waals surface area contributed by atoms with Crippen LogP contribution in [0, 0.1) is 13.8 Å². The number of aryl methyl sites for hydroxylation is 2. The first-order valence-electron chi connectivity index (χ1n) is 9.85. The van der Waals surface area contributed by atoms with E-state index in [0.29, 0.717) is 5.69 Å². The number of anilines is 2. The molecule has 0 saturated carbocycles. The first kappa shape index (κ1) is 25.4. The van der Waals surface area contributed by atoms with E-state index in [9.17, 15) is 26.4 Å². The third-order valence-electron chi connectivity index (χ3n) is 4.71. The predicted molar refractivity (Wildman–Crippen MR) is 124 cm³/mol. The van der Waals surface area contributed by atoms with E-state index in [1.807, 2.05) is 19.1 Å². The van der Waals surface area contributed by atoms with Gasteiger partial charge in [-0.15, -0.1) is 0 Å². The predicted octanol–water partition coefficient (Wildman–Crippen LogP) is 5.79. The van der Waals surface area contributed by atoms with Crippen LogP contribution in [0.2, 0.25) is 5.02 Å². The minimum absolute atomic E-state index is 0.0130. The van der Waals surface area contributed by atoms with Crippen LogP contribution in [0.5, 0.6) is 5.75 Å². The molecule has 2 N–H and O–H groups in total. The quantitative estimate of drug-likeness (QED) is 0.419. The van der Waals surface area contributed by atoms with Gasteiger partial charge in [0.15, 0.2) is 6.61 Å². The van der Waals surface area contributed by atoms with E-state index in [2.05, 4.69) is 10.0 Å². The zero-order valence-corrected chi connectivity index (χ0v) is 19.6. The van der Waals surface area contributed by atoms with E-state index >= 15 is 0 Å². The van der Waals surface area contributed by atoms with E-state index in [0.717, 1.165) is 29.3 Å². The number of hydrogen-bond donors (Lipinski definition) is 2. The van der Waals surface area contributed by atoms with Crippen molar-refractivity contribution in [1.29, 1.82) is 0 Å². The maximum absolute atomic E-state index is 12.9. The van der Waals surface area contributed by atoms with Crippen LogP contribution in [0.4, 0.5) is 24.5 Å². The van der Waals surface area contributed by atoms with E-state index in [4.69, 9.17) is 16.3 Å². The summed E-state index contributed by atoms with van der Waals surface area (Å²) in [5, 5.41) is 2.20. The van der Waals surface area contributed by atoms with Crippen LogP contribution in [-0.2, 0) is 21.0 Å². The molecule has 0 fully saturated rings. The van der Waals surface area contributed by atoms with E-state index < -0.39 is 34.3 Å². The summed E-state index contributed by atoms with van der Waals surface area (Å²) in [6.45, 7) is 3.10. The third-order valence-corrected chi connectivity index (χ3v) is 6.42. The summed E-state index contributed by atoms with van der Waals surface area (Å²) in [5.74, 6) is -0.550. The highest BCUT2D eigenvalue weighted by molar-refractivity contribution is 7.92. The SMILES string of the molecule is Cc1ccc(C)c(NS(=O)(=O)c2ccc(OCC(=O)Nc3cc(C(F)(F)F)ccc3Cl)cc2)c1. The van der Waals surface area contributed by atoms with Gasteiger partial charge >= 0.3 is 6.18 Å². The number of carbonyl (C=O) groups excluding carboxylic acids is 1. The van der Waals surface area contributed by atoms with Crippen LogP contribution >= 0.6 is 11.6 Å². The number of alkyl halides is 3. The largest absolute Gasteiger partial charge is 0.484 e. The summed E-state index contributed by atoms with van der Waals surface area (Å²) < 4.78 is 71.7. The van der Waals surface area contributed by atoms with Crippen LogP contribution in [0.25, 0.3) is 0 Å². The number of rotatable bonds is 7. The van der Waals surface area contributed by atoms with Crippen molar-refractivity contribution in [2.45, 2.75) is 24.9 Å². The second kappa shape index (κ2) is 9.94. The molecule has 3 aromatic rings. The summed E-state index contributed by atoms with van der Waals surface area (Å²) >= 11 is 5.86. The number of amides is 1. The Morgan fingerprint density at radius 2 is 1.65 bits per heavy atom. The molecular formula is C23H20ClF3N2O4S. The molecule has 0 heterocycles. The van der Waals surface area contributed by atoms with Gasteiger partial charge in [0.2, 0.25) is 0 Å². The Bertz CT molecular complexity index is 1310. The van der Waals surface area contributed by atoms with Crippen LogP contribution < -0.4 is 14.8 Å². The van der Waals surface area contributed by atoms with E-state index in [1.54, 1.807) is 13.0 Å². The number of nitrogens with one attached hydrogen (secondary N) is 2. The van der Waals surface area contributed by atoms with Crippen molar-refractivity contribution in [3.05, 3.63) is 82.4 Å². The van der Waals surface area contributed by atoms with Crippen molar-refractivity contribution < 1.29 is 31.1 Å². The average molecular weight is 513 g/mol. The second-order valence-electron chi connectivity index (χ2n) is 7.42. The van der Waals surface area contributed by atoms with Gasteiger partial charge in [0.25, 0.3) is 15.9 Å². The molecule has 0 aliphatic carbocycles. The Morgan fingerprint density at radius 1 is 0.971 bits per heavy atom. The van der Waals surface area contributed by atoms with Gasteiger partial charge in [-0.25, -0.2) is 8.42 Å². The Kier molecular flexibility index (Phi) is 7.42. The molecular weight excluding hydrogens is 493 g/mol. The van der Waals surface area contributed by atoms with Crippen molar-refractivity contribution >= 4 is 38.9 Å². The fraction of sp³-hybridized carbons (Fsp3) is 0.174. The first-order valence-corrected chi connectivity index (χ1v) is 11.7. The van der Waals surface area contributed by atoms with Gasteiger partial charge in [-0.2, -0.15) is 13.2 Å². The molecule has 1 amide bonds. The van der Waals surface area contributed by atoms with Gasteiger partial charge in [0, 0.05) is 0 Å². The Balaban J connectivity index is 1.63. The number of benzene rings is 3. The molecule has 11 heteroatoms. The number of carbonyl (C=O) groups is 1. The molecule has 0 bridgehead atoms. The number of halogens is 4. The minimum Gasteiger partial charge on any atom is -0.484 e. The normalized spacial score (nSPS) is 11.7. The molecule has 180 valence electrons. The molecule has 0 aromatic heterocycles. The fourth-order valence-electron chi connectivity index (χ4n) is 2.90. The zero-order chi connectivity index (χ0) is 25.1. The van der Waals surface area contributed by atoms with Crippen LogP contribution in [0.3, 0.4) is 0 Å². The molecule has 0 saturated heterocycles. The monoisotopic (exact) mass is 512 g/mol. The summed E-state index contributed by atoms with van der Waals surface area (Å²) in [6.07, 6.45) is -4.59. The van der Waals surface area contributed by atoms with Gasteiger partial charge in [0.1, 0.15) is 5.75 Å². The van der Waals surface area contributed by atoms with Gasteiger partial charge in [0.05, 0.1) is 26.9 Å². The lowest BCUT2D eigenvalue weighted by Gasteiger charge is -2.13. The van der Waals surface area contributed by atoms with Crippen LogP contribution in [0.15, 0.2) is 65.6 Å². The average Bonchev–Trinajstić information content (AvgIpc) is 2.76. The highest BCUT2D eigenvalue weighted by Crippen LogP contribution is 2.33. The van der Waals surface area contributed by atoms with E-state index in [1.165, 1.54) is 24.3 Å². The second-order valence-corrected chi connectivity index (χ2v) is 9.51. The summed E-state index contributed by atoms with van der Waals surface area (Å²) in [5.41, 5.74) is 0.964. The van der Waals surface area contributed by atoms with Gasteiger partial charge in [-0.3, -0.25) is 9.52 Å². The standard InChI is InChI=1S/C23H20ClF3N2O4S/c1-14-3-4-15(2)20(11-14)29-34(31,32)18-8-6-17(7-9-18)33-13-22(30)28-21-12-16(23(25,26)27)5-10-19(21)24/h3-12,29H,13H2,1-2H3,(H,28,30). The van der Waals surface area contributed by atoms with Crippen molar-refractivity contribution in [2.24, 2.45) is 0 Å². The number of ether oxygens (including phenoxy) is 1. The molecule has 3 rings (SSSR count). The zero-order valence-electron chi connectivity index (χ0n) is 18.0. The maximum atomic E-state index is 12.9. The Morgan fingerprint density at radius 3 is 2.29 bits per heavy atom. The van der Waals surface area contributed by atoms with Crippen molar-refractivity contribution in [3.8, 4) is 5.75 Å². The highest BCUT2D eigenvalue weighted by Gasteiger charge is 2.31. The molecule has 6 nitrogen and oxygen atoms in total. The Labute approximate surface area is 199 Å².